The van der Waals surface area contributed by atoms with Crippen LogP contribution in [0.5, 0.6) is 5.75 Å². The van der Waals surface area contributed by atoms with Crippen LogP contribution in [-0.4, -0.2) is 20.7 Å². The Morgan fingerprint density at radius 1 is 1.29 bits per heavy atom. The van der Waals surface area contributed by atoms with Crippen LogP contribution in [0.2, 0.25) is 0 Å². The fourth-order valence-corrected chi connectivity index (χ4v) is 4.07. The van der Waals surface area contributed by atoms with E-state index in [2.05, 4.69) is 52.2 Å². The van der Waals surface area contributed by atoms with Gasteiger partial charge in [0, 0.05) is 5.56 Å². The number of benzene rings is 1. The van der Waals surface area contributed by atoms with Crippen LogP contribution in [0.1, 0.15) is 55.7 Å². The Kier molecular flexibility index (Phi) is 4.98. The molecule has 1 aliphatic carbocycles. The Morgan fingerprint density at radius 3 is 2.62 bits per heavy atom. The van der Waals surface area contributed by atoms with Crippen molar-refractivity contribution in [2.45, 2.75) is 52.9 Å². The monoisotopic (exact) mass is 289 g/mol. The number of methoxy groups -OCH3 is 1. The van der Waals surface area contributed by atoms with Crippen LogP contribution >= 0.6 is 0 Å². The van der Waals surface area contributed by atoms with E-state index in [0.29, 0.717) is 17.3 Å². The quantitative estimate of drug-likeness (QED) is 0.884. The number of aryl methyl sites for hydroxylation is 2. The van der Waals surface area contributed by atoms with E-state index >= 15 is 0 Å². The molecule has 1 aliphatic rings. The molecule has 2 atom stereocenters. The predicted octanol–water partition coefficient (Wildman–Crippen LogP) is 4.44. The standard InChI is InChI=1S/C19H31NO/c1-13-9-14(2)18(17(10-13)21-6)16-11-19(3,4)8-7-15(16)12-20-5/h9-10,15-16,20H,7-8,11-12H2,1-6H3. The first-order valence-electron chi connectivity index (χ1n) is 8.17. The van der Waals surface area contributed by atoms with Crippen molar-refractivity contribution >= 4 is 0 Å². The number of nitrogens with one attached hydrogen (secondary N) is 1. The summed E-state index contributed by atoms with van der Waals surface area (Å²) >= 11 is 0. The minimum atomic E-state index is 0.428. The van der Waals surface area contributed by atoms with Crippen molar-refractivity contribution < 1.29 is 4.74 Å². The van der Waals surface area contributed by atoms with E-state index in [0.717, 1.165) is 12.3 Å². The van der Waals surface area contributed by atoms with Gasteiger partial charge in [-0.25, -0.2) is 0 Å². The van der Waals surface area contributed by atoms with E-state index in [4.69, 9.17) is 4.74 Å². The molecule has 0 bridgehead atoms. The zero-order chi connectivity index (χ0) is 15.6. The second-order valence-electron chi connectivity index (χ2n) is 7.53. The SMILES string of the molecule is CNCC1CCC(C)(C)CC1c1c(C)cc(C)cc1OC. The van der Waals surface area contributed by atoms with Crippen LogP contribution in [0, 0.1) is 25.2 Å². The van der Waals surface area contributed by atoms with E-state index in [-0.39, 0.29) is 0 Å². The molecule has 1 fully saturated rings. The zero-order valence-electron chi connectivity index (χ0n) is 14.5. The molecule has 2 heteroatoms. The largest absolute Gasteiger partial charge is 0.496 e. The van der Waals surface area contributed by atoms with Crippen molar-refractivity contribution in [3.8, 4) is 5.75 Å². The normalized spacial score (nSPS) is 24.9. The van der Waals surface area contributed by atoms with E-state index in [1.807, 2.05) is 0 Å². The average Bonchev–Trinajstić information content (AvgIpc) is 2.40. The van der Waals surface area contributed by atoms with E-state index in [1.54, 1.807) is 7.11 Å². The lowest BCUT2D eigenvalue weighted by Gasteiger charge is -2.42. The first-order valence-corrected chi connectivity index (χ1v) is 8.17. The molecule has 0 spiro atoms. The fraction of sp³-hybridized carbons (Fsp3) is 0.684. The van der Waals surface area contributed by atoms with Crippen molar-refractivity contribution in [2.24, 2.45) is 11.3 Å². The molecule has 0 radical (unpaired) electrons. The third-order valence-corrected chi connectivity index (χ3v) is 5.08. The number of hydrogen-bond acceptors (Lipinski definition) is 2. The lowest BCUT2D eigenvalue weighted by molar-refractivity contribution is 0.159. The van der Waals surface area contributed by atoms with E-state index < -0.39 is 0 Å². The van der Waals surface area contributed by atoms with Crippen LogP contribution in [0.4, 0.5) is 0 Å². The van der Waals surface area contributed by atoms with Gasteiger partial charge < -0.3 is 10.1 Å². The lowest BCUT2D eigenvalue weighted by atomic mass is 9.64. The van der Waals surface area contributed by atoms with Gasteiger partial charge >= 0.3 is 0 Å². The highest BCUT2D eigenvalue weighted by Crippen LogP contribution is 2.49. The van der Waals surface area contributed by atoms with Gasteiger partial charge in [-0.15, -0.1) is 0 Å². The minimum absolute atomic E-state index is 0.428. The highest BCUT2D eigenvalue weighted by molar-refractivity contribution is 5.46. The van der Waals surface area contributed by atoms with Gasteiger partial charge in [0.2, 0.25) is 0 Å². The average molecular weight is 289 g/mol. The second-order valence-corrected chi connectivity index (χ2v) is 7.53. The molecule has 2 unspecified atom stereocenters. The number of hydrogen-bond donors (Lipinski definition) is 1. The van der Waals surface area contributed by atoms with Gasteiger partial charge in [0.1, 0.15) is 5.75 Å². The smallest absolute Gasteiger partial charge is 0.122 e. The topological polar surface area (TPSA) is 21.3 Å². The summed E-state index contributed by atoms with van der Waals surface area (Å²) in [6.07, 6.45) is 3.87. The molecule has 0 heterocycles. The molecule has 0 aliphatic heterocycles. The Labute approximate surface area is 130 Å². The molecule has 1 N–H and O–H groups in total. The summed E-state index contributed by atoms with van der Waals surface area (Å²) in [5.74, 6) is 2.38. The molecule has 0 saturated heterocycles. The zero-order valence-corrected chi connectivity index (χ0v) is 14.5. The second kappa shape index (κ2) is 6.39. The van der Waals surface area contributed by atoms with Gasteiger partial charge in [0.05, 0.1) is 7.11 Å². The van der Waals surface area contributed by atoms with Gasteiger partial charge in [0.25, 0.3) is 0 Å². The van der Waals surface area contributed by atoms with Crippen LogP contribution < -0.4 is 10.1 Å². The summed E-state index contributed by atoms with van der Waals surface area (Å²) in [6, 6.07) is 4.50. The maximum atomic E-state index is 5.73. The first-order chi connectivity index (χ1) is 9.88. The molecule has 0 amide bonds. The molecule has 1 saturated carbocycles. The summed E-state index contributed by atoms with van der Waals surface area (Å²) in [4.78, 5) is 0. The minimum Gasteiger partial charge on any atom is -0.496 e. The first kappa shape index (κ1) is 16.4. The summed E-state index contributed by atoms with van der Waals surface area (Å²) in [5, 5.41) is 3.39. The molecule has 1 aromatic rings. The Bertz CT molecular complexity index is 493. The highest BCUT2D eigenvalue weighted by atomic mass is 16.5. The van der Waals surface area contributed by atoms with Crippen molar-refractivity contribution in [1.82, 2.24) is 5.32 Å². The maximum Gasteiger partial charge on any atom is 0.122 e. The fourth-order valence-electron chi connectivity index (χ4n) is 4.07. The Hall–Kier alpha value is -1.02. The molecule has 2 rings (SSSR count). The molecular weight excluding hydrogens is 258 g/mol. The third-order valence-electron chi connectivity index (χ3n) is 5.08. The van der Waals surface area contributed by atoms with Gasteiger partial charge in [-0.1, -0.05) is 19.9 Å². The summed E-state index contributed by atoms with van der Waals surface area (Å²) in [7, 11) is 3.87. The van der Waals surface area contributed by atoms with E-state index in [9.17, 15) is 0 Å². The number of rotatable bonds is 4. The van der Waals surface area contributed by atoms with Crippen molar-refractivity contribution in [3.63, 3.8) is 0 Å². The molecule has 118 valence electrons. The van der Waals surface area contributed by atoms with Crippen molar-refractivity contribution in [2.75, 3.05) is 20.7 Å². The van der Waals surface area contributed by atoms with Crippen LogP contribution in [0.3, 0.4) is 0 Å². The van der Waals surface area contributed by atoms with Gasteiger partial charge in [0.15, 0.2) is 0 Å². The Balaban J connectivity index is 2.44. The number of ether oxygens (including phenoxy) is 1. The molecule has 2 nitrogen and oxygen atoms in total. The summed E-state index contributed by atoms with van der Waals surface area (Å²) in [6.45, 7) is 10.3. The molecule has 1 aromatic carbocycles. The highest BCUT2D eigenvalue weighted by Gasteiger charge is 2.37. The van der Waals surface area contributed by atoms with Crippen LogP contribution in [0.25, 0.3) is 0 Å². The Morgan fingerprint density at radius 2 is 2.00 bits per heavy atom. The van der Waals surface area contributed by atoms with Crippen molar-refractivity contribution in [3.05, 3.63) is 28.8 Å². The summed E-state index contributed by atoms with van der Waals surface area (Å²) in [5.41, 5.74) is 4.54. The van der Waals surface area contributed by atoms with Gasteiger partial charge in [-0.2, -0.15) is 0 Å². The molecule has 21 heavy (non-hydrogen) atoms. The summed E-state index contributed by atoms with van der Waals surface area (Å²) < 4.78 is 5.73. The lowest BCUT2D eigenvalue weighted by Crippen LogP contribution is -2.34. The maximum absolute atomic E-state index is 5.73. The van der Waals surface area contributed by atoms with E-state index in [1.165, 1.54) is 36.0 Å². The van der Waals surface area contributed by atoms with Gasteiger partial charge in [-0.3, -0.25) is 0 Å². The molecule has 0 aromatic heterocycles. The van der Waals surface area contributed by atoms with Crippen LogP contribution in [-0.2, 0) is 0 Å². The molecular formula is C19H31NO. The predicted molar refractivity (Wildman–Crippen MR) is 90.3 cm³/mol. The third kappa shape index (κ3) is 3.60. The van der Waals surface area contributed by atoms with Gasteiger partial charge in [-0.05, 0) is 81.1 Å². The van der Waals surface area contributed by atoms with Crippen molar-refractivity contribution in [1.29, 1.82) is 0 Å². The van der Waals surface area contributed by atoms with Crippen LogP contribution in [0.15, 0.2) is 12.1 Å².